The molecule has 3 aromatic carbocycles. The third kappa shape index (κ3) is 4.75. The van der Waals surface area contributed by atoms with E-state index in [0.29, 0.717) is 23.1 Å². The Balaban J connectivity index is 1.63. The Kier molecular flexibility index (Phi) is 5.59. The van der Waals surface area contributed by atoms with Crippen molar-refractivity contribution in [1.82, 2.24) is 0 Å². The van der Waals surface area contributed by atoms with Crippen LogP contribution in [0.15, 0.2) is 72.8 Å². The van der Waals surface area contributed by atoms with Crippen molar-refractivity contribution in [2.45, 2.75) is 19.6 Å². The quantitative estimate of drug-likeness (QED) is 0.611. The van der Waals surface area contributed by atoms with Gasteiger partial charge in [0.25, 0.3) is 0 Å². The Labute approximate surface area is 152 Å². The van der Waals surface area contributed by atoms with E-state index in [1.54, 1.807) is 25.1 Å². The van der Waals surface area contributed by atoms with Gasteiger partial charge in [0.05, 0.1) is 11.1 Å². The van der Waals surface area contributed by atoms with Gasteiger partial charge in [-0.3, -0.25) is 0 Å². The van der Waals surface area contributed by atoms with Crippen LogP contribution in [0.1, 0.15) is 24.2 Å². The molecular formula is C21H19ClO3. The third-order valence-corrected chi connectivity index (χ3v) is 4.03. The molecular weight excluding hydrogens is 336 g/mol. The van der Waals surface area contributed by atoms with Gasteiger partial charge in [0, 0.05) is 0 Å². The van der Waals surface area contributed by atoms with Gasteiger partial charge >= 0.3 is 0 Å². The number of aliphatic hydroxyl groups is 1. The first-order valence-electron chi connectivity index (χ1n) is 8.04. The molecule has 0 amide bonds. The maximum absolute atomic E-state index is 9.58. The zero-order chi connectivity index (χ0) is 17.6. The number of aliphatic hydroxyl groups excluding tert-OH is 1. The molecule has 0 aliphatic heterocycles. The molecule has 0 heterocycles. The van der Waals surface area contributed by atoms with Crippen molar-refractivity contribution in [2.24, 2.45) is 0 Å². The first-order chi connectivity index (χ1) is 12.1. The molecule has 1 N–H and O–H groups in total. The van der Waals surface area contributed by atoms with Crippen LogP contribution in [0.3, 0.4) is 0 Å². The highest BCUT2D eigenvalue weighted by molar-refractivity contribution is 6.32. The normalized spacial score (nSPS) is 11.8. The van der Waals surface area contributed by atoms with E-state index in [1.807, 2.05) is 54.6 Å². The maximum atomic E-state index is 9.58. The molecule has 0 aliphatic carbocycles. The summed E-state index contributed by atoms with van der Waals surface area (Å²) in [5, 5.41) is 10.0. The Morgan fingerprint density at radius 1 is 0.920 bits per heavy atom. The summed E-state index contributed by atoms with van der Waals surface area (Å²) in [6.45, 7) is 2.22. The second-order valence-electron chi connectivity index (χ2n) is 5.71. The molecule has 128 valence electrons. The molecule has 0 aliphatic rings. The molecule has 0 unspecified atom stereocenters. The summed E-state index contributed by atoms with van der Waals surface area (Å²) < 4.78 is 11.5. The summed E-state index contributed by atoms with van der Waals surface area (Å²) in [4.78, 5) is 0. The van der Waals surface area contributed by atoms with Crippen molar-refractivity contribution in [3.8, 4) is 17.2 Å². The van der Waals surface area contributed by atoms with Gasteiger partial charge in [-0.25, -0.2) is 0 Å². The number of hydrogen-bond donors (Lipinski definition) is 1. The molecule has 3 aromatic rings. The molecule has 4 heteroatoms. The van der Waals surface area contributed by atoms with Gasteiger partial charge in [-0.2, -0.15) is 0 Å². The van der Waals surface area contributed by atoms with Gasteiger partial charge in [0.1, 0.15) is 23.9 Å². The van der Waals surface area contributed by atoms with Crippen LogP contribution in [0.2, 0.25) is 5.02 Å². The van der Waals surface area contributed by atoms with Gasteiger partial charge in [0.15, 0.2) is 0 Å². The van der Waals surface area contributed by atoms with E-state index >= 15 is 0 Å². The maximum Gasteiger partial charge on any atom is 0.146 e. The average Bonchev–Trinajstić information content (AvgIpc) is 2.63. The average molecular weight is 355 g/mol. The number of rotatable bonds is 6. The van der Waals surface area contributed by atoms with Gasteiger partial charge in [-0.05, 0) is 54.4 Å². The van der Waals surface area contributed by atoms with Gasteiger partial charge in [-0.1, -0.05) is 48.0 Å². The summed E-state index contributed by atoms with van der Waals surface area (Å²) in [5.41, 5.74) is 1.87. The monoisotopic (exact) mass is 354 g/mol. The third-order valence-electron chi connectivity index (χ3n) is 3.74. The largest absolute Gasteiger partial charge is 0.489 e. The van der Waals surface area contributed by atoms with Crippen LogP contribution < -0.4 is 9.47 Å². The van der Waals surface area contributed by atoms with E-state index in [2.05, 4.69) is 0 Å². The molecule has 0 spiro atoms. The predicted octanol–water partition coefficient (Wildman–Crippen LogP) is 5.76. The van der Waals surface area contributed by atoms with Crippen molar-refractivity contribution < 1.29 is 14.6 Å². The van der Waals surface area contributed by atoms with E-state index in [0.717, 1.165) is 16.9 Å². The second-order valence-corrected chi connectivity index (χ2v) is 6.12. The highest BCUT2D eigenvalue weighted by atomic mass is 35.5. The van der Waals surface area contributed by atoms with E-state index in [9.17, 15) is 5.11 Å². The van der Waals surface area contributed by atoms with Crippen molar-refractivity contribution >= 4 is 11.6 Å². The summed E-state index contributed by atoms with van der Waals surface area (Å²) in [7, 11) is 0. The molecule has 0 radical (unpaired) electrons. The van der Waals surface area contributed by atoms with Gasteiger partial charge in [0.2, 0.25) is 0 Å². The summed E-state index contributed by atoms with van der Waals surface area (Å²) in [6, 6.07) is 22.6. The number of benzene rings is 3. The SMILES string of the molecule is C[C@H](O)c1ccc(Oc2ccc(OCc3ccccc3)cc2)c(Cl)c1. The lowest BCUT2D eigenvalue weighted by atomic mass is 10.1. The molecule has 0 saturated carbocycles. The van der Waals surface area contributed by atoms with Crippen LogP contribution >= 0.6 is 11.6 Å². The van der Waals surface area contributed by atoms with Crippen molar-refractivity contribution in [3.05, 3.63) is 88.9 Å². The topological polar surface area (TPSA) is 38.7 Å². The lowest BCUT2D eigenvalue weighted by Crippen LogP contribution is -1.95. The van der Waals surface area contributed by atoms with Crippen molar-refractivity contribution in [1.29, 1.82) is 0 Å². The molecule has 3 nitrogen and oxygen atoms in total. The Bertz CT molecular complexity index is 814. The van der Waals surface area contributed by atoms with Crippen LogP contribution in [0.5, 0.6) is 17.2 Å². The summed E-state index contributed by atoms with van der Waals surface area (Å²) >= 11 is 6.21. The fourth-order valence-corrected chi connectivity index (χ4v) is 2.56. The zero-order valence-corrected chi connectivity index (χ0v) is 14.6. The lowest BCUT2D eigenvalue weighted by molar-refractivity contribution is 0.199. The van der Waals surface area contributed by atoms with Gasteiger partial charge in [-0.15, -0.1) is 0 Å². The minimum absolute atomic E-state index is 0.461. The first kappa shape index (κ1) is 17.3. The number of hydrogen-bond acceptors (Lipinski definition) is 3. The molecule has 25 heavy (non-hydrogen) atoms. The van der Waals surface area contributed by atoms with Crippen LogP contribution in [0.4, 0.5) is 0 Å². The first-order valence-corrected chi connectivity index (χ1v) is 8.42. The van der Waals surface area contributed by atoms with E-state index in [1.165, 1.54) is 0 Å². The zero-order valence-electron chi connectivity index (χ0n) is 13.9. The molecule has 0 bridgehead atoms. The Morgan fingerprint density at radius 3 is 2.24 bits per heavy atom. The van der Waals surface area contributed by atoms with Crippen LogP contribution in [0.25, 0.3) is 0 Å². The second kappa shape index (κ2) is 8.06. The summed E-state index contributed by atoms with van der Waals surface area (Å²) in [6.07, 6.45) is -0.562. The van der Waals surface area contributed by atoms with E-state index < -0.39 is 6.10 Å². The smallest absolute Gasteiger partial charge is 0.146 e. The fourth-order valence-electron chi connectivity index (χ4n) is 2.33. The summed E-state index contributed by atoms with van der Waals surface area (Å²) in [5.74, 6) is 1.98. The van der Waals surface area contributed by atoms with Crippen molar-refractivity contribution in [2.75, 3.05) is 0 Å². The predicted molar refractivity (Wildman–Crippen MR) is 99.4 cm³/mol. The van der Waals surface area contributed by atoms with Crippen LogP contribution in [-0.4, -0.2) is 5.11 Å². The molecule has 3 rings (SSSR count). The molecule has 0 saturated heterocycles. The minimum Gasteiger partial charge on any atom is -0.489 e. The Morgan fingerprint density at radius 2 is 1.60 bits per heavy atom. The van der Waals surface area contributed by atoms with Crippen LogP contribution in [0, 0.1) is 0 Å². The molecule has 0 fully saturated rings. The number of halogens is 1. The van der Waals surface area contributed by atoms with Crippen LogP contribution in [-0.2, 0) is 6.61 Å². The minimum atomic E-state index is -0.562. The highest BCUT2D eigenvalue weighted by Crippen LogP contribution is 2.32. The van der Waals surface area contributed by atoms with Crippen molar-refractivity contribution in [3.63, 3.8) is 0 Å². The standard InChI is InChI=1S/C21H19ClO3/c1-15(23)17-7-12-21(20(22)13-17)25-19-10-8-18(9-11-19)24-14-16-5-3-2-4-6-16/h2-13,15,23H,14H2,1H3/t15-/m0/s1. The lowest BCUT2D eigenvalue weighted by Gasteiger charge is -2.11. The van der Waals surface area contributed by atoms with E-state index in [-0.39, 0.29) is 0 Å². The number of ether oxygens (including phenoxy) is 2. The molecule has 0 aromatic heterocycles. The van der Waals surface area contributed by atoms with E-state index in [4.69, 9.17) is 21.1 Å². The molecule has 1 atom stereocenters. The van der Waals surface area contributed by atoms with Gasteiger partial charge < -0.3 is 14.6 Å². The highest BCUT2D eigenvalue weighted by Gasteiger charge is 2.08. The fraction of sp³-hybridized carbons (Fsp3) is 0.143. The Hall–Kier alpha value is -2.49.